The van der Waals surface area contributed by atoms with Crippen LogP contribution in [0, 0.1) is 0 Å². The molecule has 2 aromatic rings. The molecule has 1 unspecified atom stereocenters. The Labute approximate surface area is 159 Å². The van der Waals surface area contributed by atoms with E-state index in [2.05, 4.69) is 14.7 Å². The van der Waals surface area contributed by atoms with Crippen molar-refractivity contribution in [3.8, 4) is 0 Å². The number of nitrogens with zero attached hydrogens (tertiary/aromatic N) is 3. The first-order valence-electron chi connectivity index (χ1n) is 8.43. The number of hydrogen-bond donors (Lipinski definition) is 4. The predicted octanol–water partition coefficient (Wildman–Crippen LogP) is -0.744. The van der Waals surface area contributed by atoms with Crippen molar-refractivity contribution in [2.75, 3.05) is 24.3 Å². The van der Waals surface area contributed by atoms with Crippen molar-refractivity contribution in [1.82, 2.24) is 14.5 Å². The minimum atomic E-state index is -1.11. The summed E-state index contributed by atoms with van der Waals surface area (Å²) in [6.07, 6.45) is -0.0286. The van der Waals surface area contributed by atoms with Crippen molar-refractivity contribution in [1.29, 1.82) is 0 Å². The van der Waals surface area contributed by atoms with Gasteiger partial charge >= 0.3 is 5.97 Å². The van der Waals surface area contributed by atoms with Crippen LogP contribution >= 0.6 is 11.8 Å². The monoisotopic (exact) mass is 397 g/mol. The first kappa shape index (κ1) is 19.8. The predicted molar refractivity (Wildman–Crippen MR) is 99.8 cm³/mol. The Bertz CT molecular complexity index is 803. The molecule has 5 atom stereocenters. The highest BCUT2D eigenvalue weighted by Gasteiger charge is 2.43. The van der Waals surface area contributed by atoms with E-state index < -0.39 is 36.6 Å². The molecular formula is C16H23N5O5S. The van der Waals surface area contributed by atoms with Crippen molar-refractivity contribution in [2.45, 2.75) is 37.0 Å². The summed E-state index contributed by atoms with van der Waals surface area (Å²) >= 11 is 1.48. The first-order valence-corrected chi connectivity index (χ1v) is 9.59. The first-order chi connectivity index (χ1) is 12.9. The van der Waals surface area contributed by atoms with Crippen LogP contribution in [0.5, 0.6) is 0 Å². The Morgan fingerprint density at radius 2 is 2.22 bits per heavy atom. The number of anilines is 1. The number of hydrogen-bond acceptors (Lipinski definition) is 10. The number of carbonyl (C=O) groups excluding carboxylic acids is 1. The summed E-state index contributed by atoms with van der Waals surface area (Å²) in [5.41, 5.74) is 12.0. The number of aliphatic hydroxyl groups excluding tert-OH is 2. The summed E-state index contributed by atoms with van der Waals surface area (Å²) < 4.78 is 12.1. The molecule has 10 nitrogen and oxygen atoms in total. The van der Waals surface area contributed by atoms with Crippen molar-refractivity contribution < 1.29 is 24.5 Å². The lowest BCUT2D eigenvalue weighted by molar-refractivity contribution is -0.142. The van der Waals surface area contributed by atoms with Gasteiger partial charge in [-0.3, -0.25) is 4.79 Å². The molecule has 3 rings (SSSR count). The molecule has 1 fully saturated rings. The Hall–Kier alpha value is -1.92. The third kappa shape index (κ3) is 4.01. The maximum absolute atomic E-state index is 11.3. The number of aliphatic hydroxyl groups is 2. The van der Waals surface area contributed by atoms with Gasteiger partial charge in [-0.25, -0.2) is 9.97 Å². The van der Waals surface area contributed by atoms with E-state index in [0.717, 1.165) is 0 Å². The van der Waals surface area contributed by atoms with Crippen LogP contribution in [-0.4, -0.2) is 73.7 Å². The van der Waals surface area contributed by atoms with Crippen LogP contribution in [0.25, 0.3) is 11.0 Å². The molecule has 27 heavy (non-hydrogen) atoms. The van der Waals surface area contributed by atoms with Crippen molar-refractivity contribution in [2.24, 2.45) is 5.73 Å². The van der Waals surface area contributed by atoms with Gasteiger partial charge in [0, 0.05) is 11.9 Å². The van der Waals surface area contributed by atoms with Crippen molar-refractivity contribution in [3.05, 3.63) is 18.6 Å². The van der Waals surface area contributed by atoms with Crippen molar-refractivity contribution in [3.63, 3.8) is 0 Å². The van der Waals surface area contributed by atoms with Gasteiger partial charge in [-0.15, -0.1) is 0 Å². The fraction of sp³-hybridized carbons (Fsp3) is 0.562. The lowest BCUT2D eigenvalue weighted by Crippen LogP contribution is -2.33. The number of esters is 1. The van der Waals surface area contributed by atoms with Crippen LogP contribution in [0.2, 0.25) is 0 Å². The standard InChI is InChI=1S/C16H23N5O5S/c1-25-16(24)9(17)3-5-27-6-10-11(22)12(23)15(26-10)21-4-2-8-13(18)19-7-20-14(8)21/h2,4,7,9-12,15,22-23H,3,5-6,17H2,1H3,(H2,18,19,20)/t9?,10-,11-,12-,15-/m1/s1. The Morgan fingerprint density at radius 3 is 2.96 bits per heavy atom. The Kier molecular flexibility index (Phi) is 6.17. The minimum Gasteiger partial charge on any atom is -0.468 e. The number of ether oxygens (including phenoxy) is 2. The molecule has 0 amide bonds. The van der Waals surface area contributed by atoms with Crippen LogP contribution in [-0.2, 0) is 14.3 Å². The van der Waals surface area contributed by atoms with Gasteiger partial charge in [0.1, 0.15) is 36.0 Å². The summed E-state index contributed by atoms with van der Waals surface area (Å²) in [5, 5.41) is 21.4. The number of thioether (sulfide) groups is 1. The summed E-state index contributed by atoms with van der Waals surface area (Å²) in [7, 11) is 1.29. The fourth-order valence-corrected chi connectivity index (χ4v) is 4.07. The maximum atomic E-state index is 11.3. The van der Waals surface area contributed by atoms with Gasteiger partial charge in [0.25, 0.3) is 0 Å². The van der Waals surface area contributed by atoms with Gasteiger partial charge in [-0.1, -0.05) is 0 Å². The quantitative estimate of drug-likeness (QED) is 0.346. The highest BCUT2D eigenvalue weighted by Crippen LogP contribution is 2.34. The molecule has 1 aliphatic heterocycles. The molecule has 6 N–H and O–H groups in total. The molecule has 1 saturated heterocycles. The molecule has 0 bridgehead atoms. The highest BCUT2D eigenvalue weighted by molar-refractivity contribution is 7.99. The SMILES string of the molecule is COC(=O)C(N)CCSC[C@H]1O[C@@H](n2ccc3c(N)ncnc32)[C@H](O)[C@@H]1O. The van der Waals surface area contributed by atoms with E-state index >= 15 is 0 Å². The smallest absolute Gasteiger partial charge is 0.322 e. The molecule has 148 valence electrons. The summed E-state index contributed by atoms with van der Waals surface area (Å²) in [6, 6.07) is 1.07. The molecule has 0 radical (unpaired) electrons. The number of aromatic nitrogens is 3. The zero-order chi connectivity index (χ0) is 19.6. The number of nitrogens with two attached hydrogens (primary N) is 2. The largest absolute Gasteiger partial charge is 0.468 e. The number of fused-ring (bicyclic) bond motifs is 1. The summed E-state index contributed by atoms with van der Waals surface area (Å²) in [4.78, 5) is 19.4. The molecule has 11 heteroatoms. The van der Waals surface area contributed by atoms with Gasteiger partial charge in [-0.05, 0) is 18.2 Å². The van der Waals surface area contributed by atoms with E-state index in [0.29, 0.717) is 34.8 Å². The van der Waals surface area contributed by atoms with E-state index in [4.69, 9.17) is 16.2 Å². The van der Waals surface area contributed by atoms with Gasteiger partial charge in [0.15, 0.2) is 6.23 Å². The zero-order valence-corrected chi connectivity index (χ0v) is 15.6. The maximum Gasteiger partial charge on any atom is 0.322 e. The third-order valence-electron chi connectivity index (χ3n) is 4.51. The second kappa shape index (κ2) is 8.40. The van der Waals surface area contributed by atoms with E-state index in [1.165, 1.54) is 25.2 Å². The molecular weight excluding hydrogens is 374 g/mol. The molecule has 0 saturated carbocycles. The lowest BCUT2D eigenvalue weighted by Gasteiger charge is -2.17. The van der Waals surface area contributed by atoms with Crippen LogP contribution in [0.1, 0.15) is 12.6 Å². The van der Waals surface area contributed by atoms with E-state index in [-0.39, 0.29) is 0 Å². The summed E-state index contributed by atoms with van der Waals surface area (Å²) in [6.45, 7) is 0. The molecule has 1 aliphatic rings. The third-order valence-corrected chi connectivity index (χ3v) is 5.60. The normalized spacial score (nSPS) is 26.4. The molecule has 2 aromatic heterocycles. The number of methoxy groups -OCH3 is 1. The van der Waals surface area contributed by atoms with E-state index in [1.807, 2.05) is 0 Å². The van der Waals surface area contributed by atoms with Crippen LogP contribution in [0.15, 0.2) is 18.6 Å². The van der Waals surface area contributed by atoms with Gasteiger partial charge in [0.05, 0.1) is 18.6 Å². The van der Waals surface area contributed by atoms with Crippen LogP contribution < -0.4 is 11.5 Å². The minimum absolute atomic E-state index is 0.334. The number of nitrogen functional groups attached to an aromatic ring is 1. The van der Waals surface area contributed by atoms with E-state index in [1.54, 1.807) is 16.8 Å². The number of rotatable bonds is 7. The molecule has 0 spiro atoms. The highest BCUT2D eigenvalue weighted by atomic mass is 32.2. The second-order valence-corrected chi connectivity index (χ2v) is 7.41. The average molecular weight is 397 g/mol. The molecule has 3 heterocycles. The number of carbonyl (C=O) groups is 1. The molecule has 0 aromatic carbocycles. The second-order valence-electron chi connectivity index (χ2n) is 6.26. The van der Waals surface area contributed by atoms with Crippen molar-refractivity contribution >= 4 is 34.6 Å². The van der Waals surface area contributed by atoms with Crippen LogP contribution in [0.4, 0.5) is 5.82 Å². The fourth-order valence-electron chi connectivity index (χ4n) is 2.97. The van der Waals surface area contributed by atoms with Gasteiger partial charge in [0.2, 0.25) is 0 Å². The van der Waals surface area contributed by atoms with Gasteiger partial charge in [-0.2, -0.15) is 11.8 Å². The zero-order valence-electron chi connectivity index (χ0n) is 14.8. The molecule has 0 aliphatic carbocycles. The van der Waals surface area contributed by atoms with Gasteiger partial charge < -0.3 is 35.7 Å². The Balaban J connectivity index is 1.60. The Morgan fingerprint density at radius 1 is 1.44 bits per heavy atom. The summed E-state index contributed by atoms with van der Waals surface area (Å²) in [5.74, 6) is 0.920. The lowest BCUT2D eigenvalue weighted by atomic mass is 10.1. The average Bonchev–Trinajstić information content (AvgIpc) is 3.21. The topological polar surface area (TPSA) is 159 Å². The van der Waals surface area contributed by atoms with E-state index in [9.17, 15) is 15.0 Å². The van der Waals surface area contributed by atoms with Crippen LogP contribution in [0.3, 0.4) is 0 Å².